The summed E-state index contributed by atoms with van der Waals surface area (Å²) in [6, 6.07) is 0.379. The van der Waals surface area contributed by atoms with Crippen molar-refractivity contribution in [2.24, 2.45) is 17.6 Å². The average Bonchev–Trinajstić information content (AvgIpc) is 3.09. The maximum absolute atomic E-state index is 11.8. The molecule has 3 heteroatoms. The van der Waals surface area contributed by atoms with E-state index in [0.29, 0.717) is 6.04 Å². The molecule has 2 aliphatic rings. The van der Waals surface area contributed by atoms with E-state index in [9.17, 15) is 4.79 Å². The van der Waals surface area contributed by atoms with E-state index in [-0.39, 0.29) is 5.91 Å². The first-order valence-electron chi connectivity index (χ1n) is 7.15. The summed E-state index contributed by atoms with van der Waals surface area (Å²) >= 11 is 0. The van der Waals surface area contributed by atoms with Crippen LogP contribution in [0.2, 0.25) is 0 Å². The zero-order valence-electron chi connectivity index (χ0n) is 11.2. The Kier molecular flexibility index (Phi) is 3.76. The van der Waals surface area contributed by atoms with Gasteiger partial charge in [0.1, 0.15) is 0 Å². The highest BCUT2D eigenvalue weighted by atomic mass is 16.2. The van der Waals surface area contributed by atoms with Crippen LogP contribution in [0.15, 0.2) is 0 Å². The van der Waals surface area contributed by atoms with Crippen molar-refractivity contribution in [3.05, 3.63) is 0 Å². The Morgan fingerprint density at radius 1 is 1.35 bits per heavy atom. The normalized spacial score (nSPS) is 32.9. The Morgan fingerprint density at radius 3 is 2.41 bits per heavy atom. The molecule has 1 amide bonds. The van der Waals surface area contributed by atoms with E-state index in [2.05, 4.69) is 19.2 Å². The molecule has 0 spiro atoms. The number of nitrogens with two attached hydrogens (primary N) is 1. The highest BCUT2D eigenvalue weighted by Gasteiger charge is 2.46. The first-order chi connectivity index (χ1) is 8.05. The van der Waals surface area contributed by atoms with Gasteiger partial charge in [0.2, 0.25) is 5.91 Å². The van der Waals surface area contributed by atoms with Crippen LogP contribution < -0.4 is 11.1 Å². The van der Waals surface area contributed by atoms with Crippen LogP contribution in [0.25, 0.3) is 0 Å². The monoisotopic (exact) mass is 238 g/mol. The number of hydrogen-bond donors (Lipinski definition) is 2. The fourth-order valence-electron chi connectivity index (χ4n) is 2.86. The predicted molar refractivity (Wildman–Crippen MR) is 69.5 cm³/mol. The summed E-state index contributed by atoms with van der Waals surface area (Å²) in [4.78, 5) is 11.8. The van der Waals surface area contributed by atoms with Crippen LogP contribution in [0.4, 0.5) is 0 Å². The summed E-state index contributed by atoms with van der Waals surface area (Å²) in [7, 11) is 0. The minimum absolute atomic E-state index is 0.0875. The molecule has 0 heterocycles. The van der Waals surface area contributed by atoms with Gasteiger partial charge in [-0.2, -0.15) is 0 Å². The van der Waals surface area contributed by atoms with E-state index in [4.69, 9.17) is 5.73 Å². The van der Waals surface area contributed by atoms with Gasteiger partial charge in [-0.15, -0.1) is 0 Å². The Labute approximate surface area is 105 Å². The molecule has 2 saturated carbocycles. The van der Waals surface area contributed by atoms with Crippen molar-refractivity contribution >= 4 is 5.91 Å². The maximum atomic E-state index is 11.8. The highest BCUT2D eigenvalue weighted by Crippen LogP contribution is 2.34. The molecular weight excluding hydrogens is 212 g/mol. The molecule has 0 aromatic carbocycles. The van der Waals surface area contributed by atoms with Gasteiger partial charge in [0.15, 0.2) is 0 Å². The molecule has 3 N–H and O–H groups in total. The molecule has 0 aliphatic heterocycles. The maximum Gasteiger partial charge on any atom is 0.240 e. The average molecular weight is 238 g/mol. The van der Waals surface area contributed by atoms with E-state index in [0.717, 1.165) is 37.5 Å². The van der Waals surface area contributed by atoms with Gasteiger partial charge in [0.05, 0.1) is 5.54 Å². The minimum atomic E-state index is -0.506. The second-order valence-corrected chi connectivity index (χ2v) is 6.13. The van der Waals surface area contributed by atoms with Crippen LogP contribution in [0.1, 0.15) is 58.8 Å². The van der Waals surface area contributed by atoms with Gasteiger partial charge >= 0.3 is 0 Å². The van der Waals surface area contributed by atoms with Crippen molar-refractivity contribution in [1.82, 2.24) is 5.32 Å². The zero-order valence-corrected chi connectivity index (χ0v) is 11.2. The Hall–Kier alpha value is -0.570. The number of carbonyl (C=O) groups is 1. The molecule has 1 atom stereocenters. The molecule has 0 aromatic heterocycles. The van der Waals surface area contributed by atoms with Crippen molar-refractivity contribution in [3.8, 4) is 0 Å². The molecule has 2 rings (SSSR count). The van der Waals surface area contributed by atoms with Crippen LogP contribution in [-0.4, -0.2) is 17.5 Å². The third kappa shape index (κ3) is 3.01. The van der Waals surface area contributed by atoms with Crippen LogP contribution in [-0.2, 0) is 4.79 Å². The summed E-state index contributed by atoms with van der Waals surface area (Å²) in [6.45, 7) is 4.62. The Bertz CT molecular complexity index is 278. The highest BCUT2D eigenvalue weighted by molar-refractivity contribution is 5.89. The van der Waals surface area contributed by atoms with Gasteiger partial charge in [-0.1, -0.05) is 20.3 Å². The summed E-state index contributed by atoms with van der Waals surface area (Å²) in [6.07, 6.45) is 7.79. The van der Waals surface area contributed by atoms with E-state index >= 15 is 0 Å². The Morgan fingerprint density at radius 2 is 1.94 bits per heavy atom. The van der Waals surface area contributed by atoms with Crippen LogP contribution in [0, 0.1) is 11.8 Å². The second kappa shape index (κ2) is 4.97. The molecule has 0 bridgehead atoms. The van der Waals surface area contributed by atoms with Crippen molar-refractivity contribution in [2.45, 2.75) is 70.4 Å². The standard InChI is InChI=1S/C14H26N2O/c1-3-10(2)11-4-6-12(7-5-11)16-13(17)14(15)8-9-14/h10-12H,3-9,15H2,1-2H3,(H,16,17). The minimum Gasteiger partial charge on any atom is -0.352 e. The van der Waals surface area contributed by atoms with E-state index in [1.807, 2.05) is 0 Å². The second-order valence-electron chi connectivity index (χ2n) is 6.13. The fourth-order valence-corrected chi connectivity index (χ4v) is 2.86. The van der Waals surface area contributed by atoms with Crippen molar-refractivity contribution in [2.75, 3.05) is 0 Å². The summed E-state index contributed by atoms with van der Waals surface area (Å²) < 4.78 is 0. The first kappa shape index (κ1) is 12.9. The predicted octanol–water partition coefficient (Wildman–Crippen LogP) is 2.20. The molecule has 3 nitrogen and oxygen atoms in total. The number of amides is 1. The molecule has 98 valence electrons. The SMILES string of the molecule is CCC(C)C1CCC(NC(=O)C2(N)CC2)CC1. The third-order valence-corrected chi connectivity index (χ3v) is 4.80. The van der Waals surface area contributed by atoms with E-state index in [1.54, 1.807) is 0 Å². The van der Waals surface area contributed by atoms with E-state index < -0.39 is 5.54 Å². The van der Waals surface area contributed by atoms with Gasteiger partial charge in [0.25, 0.3) is 0 Å². The number of nitrogens with one attached hydrogen (secondary N) is 1. The van der Waals surface area contributed by atoms with Crippen molar-refractivity contribution in [1.29, 1.82) is 0 Å². The summed E-state index contributed by atoms with van der Waals surface area (Å²) in [5.41, 5.74) is 5.39. The van der Waals surface area contributed by atoms with Crippen molar-refractivity contribution < 1.29 is 4.79 Å². The molecule has 2 fully saturated rings. The lowest BCUT2D eigenvalue weighted by Gasteiger charge is -2.32. The molecular formula is C14H26N2O. The van der Waals surface area contributed by atoms with Gasteiger partial charge in [0, 0.05) is 6.04 Å². The number of carbonyl (C=O) groups excluding carboxylic acids is 1. The Balaban J connectivity index is 1.74. The van der Waals surface area contributed by atoms with Crippen LogP contribution in [0.5, 0.6) is 0 Å². The molecule has 17 heavy (non-hydrogen) atoms. The fraction of sp³-hybridized carbons (Fsp3) is 0.929. The van der Waals surface area contributed by atoms with Crippen LogP contribution in [0.3, 0.4) is 0 Å². The van der Waals surface area contributed by atoms with Crippen LogP contribution >= 0.6 is 0 Å². The summed E-state index contributed by atoms with van der Waals surface area (Å²) in [5.74, 6) is 1.78. The van der Waals surface area contributed by atoms with Crippen molar-refractivity contribution in [3.63, 3.8) is 0 Å². The lowest BCUT2D eigenvalue weighted by atomic mass is 9.78. The topological polar surface area (TPSA) is 55.1 Å². The first-order valence-corrected chi connectivity index (χ1v) is 7.15. The number of hydrogen-bond acceptors (Lipinski definition) is 2. The smallest absolute Gasteiger partial charge is 0.240 e. The summed E-state index contributed by atoms with van der Waals surface area (Å²) in [5, 5.41) is 3.13. The largest absolute Gasteiger partial charge is 0.352 e. The molecule has 1 unspecified atom stereocenters. The quantitative estimate of drug-likeness (QED) is 0.789. The number of rotatable bonds is 4. The van der Waals surface area contributed by atoms with E-state index in [1.165, 1.54) is 19.3 Å². The molecule has 0 aromatic rings. The lowest BCUT2D eigenvalue weighted by Crippen LogP contribution is -2.48. The molecule has 0 radical (unpaired) electrons. The van der Waals surface area contributed by atoms with Gasteiger partial charge < -0.3 is 11.1 Å². The zero-order chi connectivity index (χ0) is 12.5. The van der Waals surface area contributed by atoms with Gasteiger partial charge in [-0.3, -0.25) is 4.79 Å². The van der Waals surface area contributed by atoms with Gasteiger partial charge in [-0.05, 0) is 50.4 Å². The third-order valence-electron chi connectivity index (χ3n) is 4.80. The van der Waals surface area contributed by atoms with Gasteiger partial charge in [-0.25, -0.2) is 0 Å². The lowest BCUT2D eigenvalue weighted by molar-refractivity contribution is -0.124. The molecule has 0 saturated heterocycles. The molecule has 2 aliphatic carbocycles.